The van der Waals surface area contributed by atoms with Gasteiger partial charge < -0.3 is 15.4 Å². The van der Waals surface area contributed by atoms with E-state index in [0.29, 0.717) is 28.3 Å². The molecule has 1 aromatic heterocycles. The molecule has 1 heterocycles. The fraction of sp³-hybridized carbons (Fsp3) is 0.0500. The SMILES string of the molecule is COC(=O)c1cccc(Nc2cnc(C(=O)Nc3ccc(C#N)cc3)cn2)c1. The van der Waals surface area contributed by atoms with Crippen LogP contribution in [0.15, 0.2) is 60.9 Å². The van der Waals surface area contributed by atoms with Crippen LogP contribution in [0.1, 0.15) is 26.4 Å². The van der Waals surface area contributed by atoms with Crippen molar-refractivity contribution < 1.29 is 14.3 Å². The Balaban J connectivity index is 1.66. The van der Waals surface area contributed by atoms with Crippen LogP contribution in [0.4, 0.5) is 17.2 Å². The fourth-order valence-electron chi connectivity index (χ4n) is 2.32. The number of anilines is 3. The number of carbonyl (C=O) groups excluding carboxylic acids is 2. The van der Waals surface area contributed by atoms with Crippen LogP contribution < -0.4 is 10.6 Å². The molecule has 0 spiro atoms. The Morgan fingerprint density at radius 1 is 1.04 bits per heavy atom. The smallest absolute Gasteiger partial charge is 0.337 e. The monoisotopic (exact) mass is 373 g/mol. The third kappa shape index (κ3) is 4.47. The lowest BCUT2D eigenvalue weighted by molar-refractivity contribution is 0.0600. The van der Waals surface area contributed by atoms with E-state index in [0.717, 1.165) is 0 Å². The highest BCUT2D eigenvalue weighted by Gasteiger charge is 2.10. The molecule has 0 saturated heterocycles. The van der Waals surface area contributed by atoms with Gasteiger partial charge in [-0.3, -0.25) is 4.79 Å². The van der Waals surface area contributed by atoms with E-state index in [4.69, 9.17) is 10.00 Å². The summed E-state index contributed by atoms with van der Waals surface area (Å²) in [5.41, 5.74) is 2.22. The number of hydrogen-bond donors (Lipinski definition) is 2. The van der Waals surface area contributed by atoms with Crippen LogP contribution in [-0.4, -0.2) is 29.0 Å². The molecular weight excluding hydrogens is 358 g/mol. The third-order valence-corrected chi connectivity index (χ3v) is 3.71. The minimum Gasteiger partial charge on any atom is -0.465 e. The van der Waals surface area contributed by atoms with Gasteiger partial charge in [-0.15, -0.1) is 0 Å². The van der Waals surface area contributed by atoms with E-state index in [1.807, 2.05) is 6.07 Å². The summed E-state index contributed by atoms with van der Waals surface area (Å²) in [4.78, 5) is 32.1. The Hall–Kier alpha value is -4.25. The number of nitrogens with zero attached hydrogens (tertiary/aromatic N) is 3. The van der Waals surface area contributed by atoms with Crippen LogP contribution in [0.3, 0.4) is 0 Å². The lowest BCUT2D eigenvalue weighted by Crippen LogP contribution is -2.14. The van der Waals surface area contributed by atoms with Crippen LogP contribution >= 0.6 is 0 Å². The van der Waals surface area contributed by atoms with Crippen molar-refractivity contribution in [1.29, 1.82) is 5.26 Å². The fourth-order valence-corrected chi connectivity index (χ4v) is 2.32. The first-order valence-electron chi connectivity index (χ1n) is 8.18. The average molecular weight is 373 g/mol. The molecule has 8 nitrogen and oxygen atoms in total. The number of esters is 1. The summed E-state index contributed by atoms with van der Waals surface area (Å²) in [6, 6.07) is 15.2. The Labute approximate surface area is 160 Å². The molecule has 0 atom stereocenters. The van der Waals surface area contributed by atoms with E-state index in [-0.39, 0.29) is 5.69 Å². The van der Waals surface area contributed by atoms with Gasteiger partial charge in [0.25, 0.3) is 5.91 Å². The van der Waals surface area contributed by atoms with Gasteiger partial charge in [-0.25, -0.2) is 14.8 Å². The standard InChI is InChI=1S/C20H15N5O3/c1-28-20(27)14-3-2-4-16(9-14)24-18-12-22-17(11-23-18)19(26)25-15-7-5-13(10-21)6-8-15/h2-9,11-12H,1H3,(H,23,24)(H,25,26). The molecule has 3 aromatic rings. The van der Waals surface area contributed by atoms with Crippen molar-refractivity contribution in [3.05, 3.63) is 77.7 Å². The molecule has 3 rings (SSSR count). The van der Waals surface area contributed by atoms with Crippen molar-refractivity contribution >= 4 is 29.1 Å². The molecule has 0 bridgehead atoms. The topological polar surface area (TPSA) is 117 Å². The van der Waals surface area contributed by atoms with Gasteiger partial charge in [0.1, 0.15) is 11.5 Å². The van der Waals surface area contributed by atoms with Gasteiger partial charge in [0.2, 0.25) is 0 Å². The van der Waals surface area contributed by atoms with E-state index in [1.165, 1.54) is 19.5 Å². The first-order valence-corrected chi connectivity index (χ1v) is 8.18. The van der Waals surface area contributed by atoms with Crippen molar-refractivity contribution in [2.75, 3.05) is 17.7 Å². The number of rotatable bonds is 5. The zero-order valence-electron chi connectivity index (χ0n) is 14.8. The molecule has 0 unspecified atom stereocenters. The van der Waals surface area contributed by atoms with Crippen molar-refractivity contribution in [3.63, 3.8) is 0 Å². The summed E-state index contributed by atoms with van der Waals surface area (Å²) in [5.74, 6) is -0.446. The second-order valence-electron chi connectivity index (χ2n) is 5.63. The lowest BCUT2D eigenvalue weighted by Gasteiger charge is -2.08. The normalized spacial score (nSPS) is 9.86. The molecule has 0 radical (unpaired) electrons. The number of ether oxygens (including phenoxy) is 1. The molecule has 0 aliphatic carbocycles. The summed E-state index contributed by atoms with van der Waals surface area (Å²) in [6.45, 7) is 0. The zero-order chi connectivity index (χ0) is 19.9. The van der Waals surface area contributed by atoms with Gasteiger partial charge in [0, 0.05) is 11.4 Å². The van der Waals surface area contributed by atoms with Gasteiger partial charge in [0.15, 0.2) is 0 Å². The van der Waals surface area contributed by atoms with Gasteiger partial charge >= 0.3 is 5.97 Å². The van der Waals surface area contributed by atoms with E-state index in [1.54, 1.807) is 48.5 Å². The molecule has 0 aliphatic rings. The van der Waals surface area contributed by atoms with Gasteiger partial charge in [0.05, 0.1) is 36.7 Å². The van der Waals surface area contributed by atoms with E-state index in [9.17, 15) is 9.59 Å². The van der Waals surface area contributed by atoms with Crippen LogP contribution in [-0.2, 0) is 4.74 Å². The predicted octanol–water partition coefficient (Wildman–Crippen LogP) is 3.13. The number of methoxy groups -OCH3 is 1. The minimum absolute atomic E-state index is 0.137. The Bertz CT molecular complexity index is 1040. The quantitative estimate of drug-likeness (QED) is 0.660. The first kappa shape index (κ1) is 18.5. The Morgan fingerprint density at radius 3 is 2.46 bits per heavy atom. The van der Waals surface area contributed by atoms with Crippen molar-refractivity contribution in [3.8, 4) is 6.07 Å². The molecule has 2 aromatic carbocycles. The van der Waals surface area contributed by atoms with Crippen molar-refractivity contribution in [2.24, 2.45) is 0 Å². The van der Waals surface area contributed by atoms with E-state index < -0.39 is 11.9 Å². The Morgan fingerprint density at radius 2 is 1.82 bits per heavy atom. The first-order chi connectivity index (χ1) is 13.6. The second-order valence-corrected chi connectivity index (χ2v) is 5.63. The lowest BCUT2D eigenvalue weighted by atomic mass is 10.2. The predicted molar refractivity (Wildman–Crippen MR) is 102 cm³/mol. The van der Waals surface area contributed by atoms with Gasteiger partial charge in [-0.2, -0.15) is 5.26 Å². The summed E-state index contributed by atoms with van der Waals surface area (Å²) in [6.07, 6.45) is 2.75. The largest absolute Gasteiger partial charge is 0.465 e. The molecule has 2 N–H and O–H groups in total. The molecule has 28 heavy (non-hydrogen) atoms. The number of nitriles is 1. The molecule has 0 fully saturated rings. The molecule has 138 valence electrons. The maximum Gasteiger partial charge on any atom is 0.337 e. The number of nitrogens with one attached hydrogen (secondary N) is 2. The number of carbonyl (C=O) groups is 2. The maximum atomic E-state index is 12.2. The summed E-state index contributed by atoms with van der Waals surface area (Å²) in [5, 5.41) is 14.5. The van der Waals surface area contributed by atoms with Crippen LogP contribution in [0.25, 0.3) is 0 Å². The van der Waals surface area contributed by atoms with Crippen molar-refractivity contribution in [1.82, 2.24) is 9.97 Å². The number of aromatic nitrogens is 2. The summed E-state index contributed by atoms with van der Waals surface area (Å²) >= 11 is 0. The van der Waals surface area contributed by atoms with E-state index in [2.05, 4.69) is 20.6 Å². The van der Waals surface area contributed by atoms with Gasteiger partial charge in [-0.1, -0.05) is 6.07 Å². The minimum atomic E-state index is -0.440. The Kier molecular flexibility index (Phi) is 5.58. The molecule has 0 aliphatic heterocycles. The third-order valence-electron chi connectivity index (χ3n) is 3.71. The van der Waals surface area contributed by atoms with Crippen LogP contribution in [0.5, 0.6) is 0 Å². The zero-order valence-corrected chi connectivity index (χ0v) is 14.8. The number of amides is 1. The van der Waals surface area contributed by atoms with Crippen LogP contribution in [0, 0.1) is 11.3 Å². The van der Waals surface area contributed by atoms with Gasteiger partial charge in [-0.05, 0) is 42.5 Å². The van der Waals surface area contributed by atoms with E-state index >= 15 is 0 Å². The highest BCUT2D eigenvalue weighted by atomic mass is 16.5. The summed E-state index contributed by atoms with van der Waals surface area (Å²) < 4.78 is 4.69. The molecular formula is C20H15N5O3. The maximum absolute atomic E-state index is 12.2. The highest BCUT2D eigenvalue weighted by molar-refractivity contribution is 6.02. The number of hydrogen-bond acceptors (Lipinski definition) is 7. The number of benzene rings is 2. The molecule has 8 heteroatoms. The molecule has 1 amide bonds. The average Bonchev–Trinajstić information content (AvgIpc) is 2.74. The summed E-state index contributed by atoms with van der Waals surface area (Å²) in [7, 11) is 1.32. The van der Waals surface area contributed by atoms with Crippen LogP contribution in [0.2, 0.25) is 0 Å². The molecule has 0 saturated carbocycles. The highest BCUT2D eigenvalue weighted by Crippen LogP contribution is 2.16. The van der Waals surface area contributed by atoms with Crippen molar-refractivity contribution in [2.45, 2.75) is 0 Å². The second kappa shape index (κ2) is 8.42.